The average Bonchev–Trinajstić information content (AvgIpc) is 2.68. The first-order chi connectivity index (χ1) is 7.61. The molecule has 2 unspecified atom stereocenters. The Morgan fingerprint density at radius 2 is 2.31 bits per heavy atom. The first kappa shape index (κ1) is 11.8. The Labute approximate surface area is 104 Å². The van der Waals surface area contributed by atoms with E-state index in [4.69, 9.17) is 5.73 Å². The van der Waals surface area contributed by atoms with Crippen molar-refractivity contribution in [3.63, 3.8) is 0 Å². The second kappa shape index (κ2) is 4.67. The molecule has 2 N–H and O–H groups in total. The third kappa shape index (κ3) is 2.06. The van der Waals surface area contributed by atoms with E-state index in [1.165, 1.54) is 11.3 Å². The van der Waals surface area contributed by atoms with Gasteiger partial charge in [0.25, 0.3) is 5.91 Å². The molecule has 0 saturated carbocycles. The number of nitrogens with zero attached hydrogens (tertiary/aromatic N) is 1. The molecule has 0 bridgehead atoms. The number of thiophene rings is 1. The number of rotatable bonds is 1. The van der Waals surface area contributed by atoms with E-state index in [1.54, 1.807) is 6.07 Å². The van der Waals surface area contributed by atoms with Crippen LogP contribution >= 0.6 is 23.1 Å². The van der Waals surface area contributed by atoms with Crippen LogP contribution in [-0.4, -0.2) is 34.4 Å². The number of anilines is 1. The van der Waals surface area contributed by atoms with Crippen molar-refractivity contribution in [3.8, 4) is 0 Å². The van der Waals surface area contributed by atoms with E-state index in [2.05, 4.69) is 13.8 Å². The van der Waals surface area contributed by atoms with Gasteiger partial charge in [0, 0.05) is 23.6 Å². The van der Waals surface area contributed by atoms with Crippen molar-refractivity contribution < 1.29 is 4.79 Å². The highest BCUT2D eigenvalue weighted by Crippen LogP contribution is 2.28. The summed E-state index contributed by atoms with van der Waals surface area (Å²) in [5, 5.41) is 2.37. The second-order valence-corrected chi connectivity index (χ2v) is 6.42. The SMILES string of the molecule is CC1SCCN(C(=O)c2sccc2N)C1C. The van der Waals surface area contributed by atoms with E-state index in [9.17, 15) is 4.79 Å². The molecule has 0 aromatic carbocycles. The fourth-order valence-corrected chi connectivity index (χ4v) is 3.72. The smallest absolute Gasteiger partial charge is 0.266 e. The van der Waals surface area contributed by atoms with Crippen LogP contribution < -0.4 is 5.73 Å². The topological polar surface area (TPSA) is 46.3 Å². The lowest BCUT2D eigenvalue weighted by Gasteiger charge is -2.37. The van der Waals surface area contributed by atoms with Crippen molar-refractivity contribution in [2.75, 3.05) is 18.0 Å². The van der Waals surface area contributed by atoms with E-state index < -0.39 is 0 Å². The van der Waals surface area contributed by atoms with Crippen molar-refractivity contribution in [3.05, 3.63) is 16.3 Å². The number of nitrogen functional groups attached to an aromatic ring is 1. The zero-order valence-corrected chi connectivity index (χ0v) is 11.1. The maximum Gasteiger partial charge on any atom is 0.266 e. The van der Waals surface area contributed by atoms with Crippen LogP contribution in [0.5, 0.6) is 0 Å². The maximum absolute atomic E-state index is 12.3. The lowest BCUT2D eigenvalue weighted by Crippen LogP contribution is -2.47. The van der Waals surface area contributed by atoms with Crippen LogP contribution in [0, 0.1) is 0 Å². The molecule has 1 aromatic heterocycles. The Morgan fingerprint density at radius 1 is 1.56 bits per heavy atom. The molecule has 1 aliphatic rings. The highest BCUT2D eigenvalue weighted by atomic mass is 32.2. The van der Waals surface area contributed by atoms with E-state index >= 15 is 0 Å². The maximum atomic E-state index is 12.3. The van der Waals surface area contributed by atoms with Gasteiger partial charge in [0.15, 0.2) is 0 Å². The summed E-state index contributed by atoms with van der Waals surface area (Å²) in [5.74, 6) is 1.11. The molecule has 1 aromatic rings. The molecular formula is C11H16N2OS2. The Kier molecular flexibility index (Phi) is 3.44. The van der Waals surface area contributed by atoms with Gasteiger partial charge in [-0.05, 0) is 18.4 Å². The quantitative estimate of drug-likeness (QED) is 0.838. The van der Waals surface area contributed by atoms with Gasteiger partial charge in [0.1, 0.15) is 4.88 Å². The minimum absolute atomic E-state index is 0.0900. The molecule has 1 fully saturated rings. The third-order valence-corrected chi connectivity index (χ3v) is 5.29. The van der Waals surface area contributed by atoms with Gasteiger partial charge < -0.3 is 10.6 Å². The van der Waals surface area contributed by atoms with Gasteiger partial charge in [-0.2, -0.15) is 11.8 Å². The molecule has 1 aliphatic heterocycles. The highest BCUT2D eigenvalue weighted by Gasteiger charge is 2.30. The Balaban J connectivity index is 2.18. The van der Waals surface area contributed by atoms with Crippen LogP contribution in [0.25, 0.3) is 0 Å². The molecule has 0 aliphatic carbocycles. The highest BCUT2D eigenvalue weighted by molar-refractivity contribution is 8.00. The standard InChI is InChI=1S/C11H16N2OS2/c1-7-8(2)15-6-4-13(7)11(14)10-9(12)3-5-16-10/h3,5,7-8H,4,6,12H2,1-2H3. The molecule has 16 heavy (non-hydrogen) atoms. The van der Waals surface area contributed by atoms with Gasteiger partial charge in [-0.1, -0.05) is 6.92 Å². The molecule has 2 atom stereocenters. The van der Waals surface area contributed by atoms with Crippen molar-refractivity contribution in [2.45, 2.75) is 25.1 Å². The van der Waals surface area contributed by atoms with Crippen molar-refractivity contribution in [2.24, 2.45) is 0 Å². The third-order valence-electron chi connectivity index (χ3n) is 3.03. The lowest BCUT2D eigenvalue weighted by atomic mass is 10.2. The van der Waals surface area contributed by atoms with E-state index in [0.717, 1.165) is 12.3 Å². The van der Waals surface area contributed by atoms with Crippen LogP contribution in [0.2, 0.25) is 0 Å². The molecule has 3 nitrogen and oxygen atoms in total. The summed E-state index contributed by atoms with van der Waals surface area (Å²) in [6.07, 6.45) is 0. The van der Waals surface area contributed by atoms with Gasteiger partial charge in [0.2, 0.25) is 0 Å². The van der Waals surface area contributed by atoms with E-state index in [1.807, 2.05) is 22.0 Å². The Bertz CT molecular complexity index is 391. The Morgan fingerprint density at radius 3 is 2.94 bits per heavy atom. The van der Waals surface area contributed by atoms with Gasteiger partial charge in [-0.3, -0.25) is 4.79 Å². The molecule has 88 valence electrons. The minimum Gasteiger partial charge on any atom is -0.397 e. The molecule has 0 spiro atoms. The van der Waals surface area contributed by atoms with Crippen LogP contribution in [-0.2, 0) is 0 Å². The van der Waals surface area contributed by atoms with Gasteiger partial charge in [-0.25, -0.2) is 0 Å². The van der Waals surface area contributed by atoms with Gasteiger partial charge in [-0.15, -0.1) is 11.3 Å². The summed E-state index contributed by atoms with van der Waals surface area (Å²) in [6.45, 7) is 5.11. The zero-order chi connectivity index (χ0) is 11.7. The Hall–Kier alpha value is -0.680. The number of hydrogen-bond acceptors (Lipinski definition) is 4. The van der Waals surface area contributed by atoms with Crippen LogP contribution in [0.15, 0.2) is 11.4 Å². The van der Waals surface area contributed by atoms with Crippen LogP contribution in [0.3, 0.4) is 0 Å². The molecule has 5 heteroatoms. The minimum atomic E-state index is 0.0900. The number of hydrogen-bond donors (Lipinski definition) is 1. The van der Waals surface area contributed by atoms with E-state index in [-0.39, 0.29) is 11.9 Å². The summed E-state index contributed by atoms with van der Waals surface area (Å²) < 4.78 is 0. The molecule has 1 amide bonds. The summed E-state index contributed by atoms with van der Waals surface area (Å²) in [6, 6.07) is 2.08. The normalized spacial score (nSPS) is 25.8. The fourth-order valence-electron chi connectivity index (χ4n) is 1.84. The molecule has 0 radical (unpaired) electrons. The second-order valence-electron chi connectivity index (χ2n) is 4.02. The lowest BCUT2D eigenvalue weighted by molar-refractivity contribution is 0.0704. The molecule has 1 saturated heterocycles. The first-order valence-electron chi connectivity index (χ1n) is 5.37. The van der Waals surface area contributed by atoms with Gasteiger partial charge >= 0.3 is 0 Å². The predicted octanol–water partition coefficient (Wildman–Crippen LogP) is 2.30. The van der Waals surface area contributed by atoms with Crippen molar-refractivity contribution in [1.82, 2.24) is 4.90 Å². The van der Waals surface area contributed by atoms with Crippen molar-refractivity contribution in [1.29, 1.82) is 0 Å². The largest absolute Gasteiger partial charge is 0.397 e. The van der Waals surface area contributed by atoms with Crippen molar-refractivity contribution >= 4 is 34.7 Å². The fraction of sp³-hybridized carbons (Fsp3) is 0.545. The summed E-state index contributed by atoms with van der Waals surface area (Å²) in [4.78, 5) is 14.9. The summed E-state index contributed by atoms with van der Waals surface area (Å²) in [7, 11) is 0. The monoisotopic (exact) mass is 256 g/mol. The van der Waals surface area contributed by atoms with Crippen LogP contribution in [0.4, 0.5) is 5.69 Å². The summed E-state index contributed by atoms with van der Waals surface area (Å²) in [5.41, 5.74) is 6.39. The zero-order valence-electron chi connectivity index (χ0n) is 9.47. The predicted molar refractivity (Wildman–Crippen MR) is 71.1 cm³/mol. The van der Waals surface area contributed by atoms with Crippen LogP contribution in [0.1, 0.15) is 23.5 Å². The summed E-state index contributed by atoms with van der Waals surface area (Å²) >= 11 is 3.36. The number of carbonyl (C=O) groups excluding carboxylic acids is 1. The number of thioether (sulfide) groups is 1. The van der Waals surface area contributed by atoms with E-state index in [0.29, 0.717) is 15.8 Å². The average molecular weight is 256 g/mol. The number of carbonyl (C=O) groups is 1. The number of nitrogens with two attached hydrogens (primary N) is 1. The number of amides is 1. The first-order valence-corrected chi connectivity index (χ1v) is 7.29. The molecule has 2 heterocycles. The molecular weight excluding hydrogens is 240 g/mol. The van der Waals surface area contributed by atoms with Gasteiger partial charge in [0.05, 0.1) is 5.69 Å². The molecule has 2 rings (SSSR count).